The molecule has 3 heteroatoms. The molecule has 1 atom stereocenters. The van der Waals surface area contributed by atoms with Crippen LogP contribution >= 0.6 is 0 Å². The average Bonchev–Trinajstić information content (AvgIpc) is 2.27. The lowest BCUT2D eigenvalue weighted by Crippen LogP contribution is -2.40. The first-order chi connectivity index (χ1) is 7.54. The Hall–Kier alpha value is -0.930. The molecule has 1 rings (SSSR count). The van der Waals surface area contributed by atoms with Crippen molar-refractivity contribution in [2.24, 2.45) is 11.7 Å². The minimum atomic E-state index is -0.443. The van der Waals surface area contributed by atoms with Crippen LogP contribution in [-0.4, -0.2) is 18.3 Å². The number of aliphatic hydroxyl groups excluding tert-OH is 1. The Morgan fingerprint density at radius 3 is 2.25 bits per heavy atom. The molecular weight excluding hydrogens is 205 g/mol. The molecule has 0 radical (unpaired) electrons. The normalized spacial score (nSPS) is 15.1. The van der Waals surface area contributed by atoms with E-state index in [0.717, 1.165) is 12.0 Å². The second kappa shape index (κ2) is 5.41. The SMILES string of the molecule is CC(C)CC(CN)(CO)c1ccc(F)cc1. The molecule has 0 spiro atoms. The van der Waals surface area contributed by atoms with E-state index in [-0.39, 0.29) is 12.4 Å². The zero-order valence-electron chi connectivity index (χ0n) is 9.91. The molecule has 1 aromatic rings. The van der Waals surface area contributed by atoms with E-state index in [0.29, 0.717) is 12.5 Å². The van der Waals surface area contributed by atoms with Gasteiger partial charge in [0.2, 0.25) is 0 Å². The van der Waals surface area contributed by atoms with E-state index >= 15 is 0 Å². The lowest BCUT2D eigenvalue weighted by Gasteiger charge is -2.32. The fourth-order valence-corrected chi connectivity index (χ4v) is 2.12. The molecule has 16 heavy (non-hydrogen) atoms. The van der Waals surface area contributed by atoms with Crippen LogP contribution in [0.15, 0.2) is 24.3 Å². The van der Waals surface area contributed by atoms with Gasteiger partial charge in [0.05, 0.1) is 6.61 Å². The van der Waals surface area contributed by atoms with Gasteiger partial charge in [-0.1, -0.05) is 26.0 Å². The number of aliphatic hydroxyl groups is 1. The first kappa shape index (κ1) is 13.1. The van der Waals surface area contributed by atoms with Crippen molar-refractivity contribution in [1.82, 2.24) is 0 Å². The molecule has 1 aromatic carbocycles. The Morgan fingerprint density at radius 1 is 1.31 bits per heavy atom. The molecule has 2 nitrogen and oxygen atoms in total. The highest BCUT2D eigenvalue weighted by Gasteiger charge is 2.30. The molecule has 0 aromatic heterocycles. The minimum absolute atomic E-state index is 0.00663. The van der Waals surface area contributed by atoms with Crippen molar-refractivity contribution in [3.63, 3.8) is 0 Å². The third kappa shape index (κ3) is 2.80. The monoisotopic (exact) mass is 225 g/mol. The summed E-state index contributed by atoms with van der Waals surface area (Å²) in [5, 5.41) is 9.57. The van der Waals surface area contributed by atoms with E-state index in [1.54, 1.807) is 12.1 Å². The largest absolute Gasteiger partial charge is 0.395 e. The predicted molar refractivity (Wildman–Crippen MR) is 63.7 cm³/mol. The second-order valence-corrected chi connectivity index (χ2v) is 4.75. The number of halogens is 1. The Kier molecular flexibility index (Phi) is 4.44. The summed E-state index contributed by atoms with van der Waals surface area (Å²) in [6, 6.07) is 6.24. The van der Waals surface area contributed by atoms with Crippen molar-refractivity contribution in [2.45, 2.75) is 25.7 Å². The zero-order valence-corrected chi connectivity index (χ0v) is 9.91. The Morgan fingerprint density at radius 2 is 1.88 bits per heavy atom. The summed E-state index contributed by atoms with van der Waals surface area (Å²) in [4.78, 5) is 0. The molecule has 0 fully saturated rings. The summed E-state index contributed by atoms with van der Waals surface area (Å²) in [6.45, 7) is 4.54. The Balaban J connectivity index is 3.04. The number of hydrogen-bond acceptors (Lipinski definition) is 2. The summed E-state index contributed by atoms with van der Waals surface area (Å²) in [6.07, 6.45) is 0.797. The van der Waals surface area contributed by atoms with Gasteiger partial charge in [0.15, 0.2) is 0 Å². The van der Waals surface area contributed by atoms with Gasteiger partial charge >= 0.3 is 0 Å². The van der Waals surface area contributed by atoms with Crippen LogP contribution in [0.25, 0.3) is 0 Å². The molecule has 0 aliphatic carbocycles. The second-order valence-electron chi connectivity index (χ2n) is 4.75. The van der Waals surface area contributed by atoms with Crippen LogP contribution in [0.2, 0.25) is 0 Å². The van der Waals surface area contributed by atoms with E-state index in [2.05, 4.69) is 13.8 Å². The Labute approximate surface area is 96.3 Å². The number of benzene rings is 1. The molecule has 0 aliphatic heterocycles. The number of nitrogens with two attached hydrogens (primary N) is 1. The molecule has 0 amide bonds. The van der Waals surface area contributed by atoms with E-state index in [9.17, 15) is 9.50 Å². The fraction of sp³-hybridized carbons (Fsp3) is 0.538. The van der Waals surface area contributed by atoms with Crippen LogP contribution in [0, 0.1) is 11.7 Å². The van der Waals surface area contributed by atoms with Crippen molar-refractivity contribution in [3.8, 4) is 0 Å². The first-order valence-electron chi connectivity index (χ1n) is 5.61. The van der Waals surface area contributed by atoms with Gasteiger partial charge in [-0.25, -0.2) is 4.39 Å². The van der Waals surface area contributed by atoms with E-state index in [1.807, 2.05) is 0 Å². The zero-order chi connectivity index (χ0) is 12.2. The molecular formula is C13H20FNO. The van der Waals surface area contributed by atoms with Gasteiger partial charge in [-0.05, 0) is 30.0 Å². The van der Waals surface area contributed by atoms with Crippen LogP contribution in [0.1, 0.15) is 25.8 Å². The maximum absolute atomic E-state index is 12.9. The van der Waals surface area contributed by atoms with Crippen molar-refractivity contribution in [2.75, 3.05) is 13.2 Å². The molecule has 0 saturated carbocycles. The molecule has 0 saturated heterocycles. The predicted octanol–water partition coefficient (Wildman–Crippen LogP) is 2.06. The lowest BCUT2D eigenvalue weighted by molar-refractivity contribution is 0.174. The van der Waals surface area contributed by atoms with Gasteiger partial charge < -0.3 is 10.8 Å². The maximum Gasteiger partial charge on any atom is 0.123 e. The van der Waals surface area contributed by atoms with Crippen LogP contribution in [0.5, 0.6) is 0 Å². The average molecular weight is 225 g/mol. The minimum Gasteiger partial charge on any atom is -0.395 e. The molecule has 90 valence electrons. The topological polar surface area (TPSA) is 46.2 Å². The summed E-state index contributed by atoms with van der Waals surface area (Å²) in [7, 11) is 0. The highest BCUT2D eigenvalue weighted by Crippen LogP contribution is 2.30. The third-order valence-corrected chi connectivity index (χ3v) is 2.95. The van der Waals surface area contributed by atoms with Crippen LogP contribution in [-0.2, 0) is 5.41 Å². The maximum atomic E-state index is 12.9. The summed E-state index contributed by atoms with van der Waals surface area (Å²) in [5.74, 6) is 0.165. The molecule has 1 unspecified atom stereocenters. The quantitative estimate of drug-likeness (QED) is 0.805. The van der Waals surface area contributed by atoms with Gasteiger partial charge in [-0.2, -0.15) is 0 Å². The van der Waals surface area contributed by atoms with Gasteiger partial charge in [-0.3, -0.25) is 0 Å². The van der Waals surface area contributed by atoms with E-state index < -0.39 is 5.41 Å². The highest BCUT2D eigenvalue weighted by molar-refractivity contribution is 5.26. The standard InChI is InChI=1S/C13H20FNO/c1-10(2)7-13(8-15,9-16)11-3-5-12(14)6-4-11/h3-6,10,16H,7-9,15H2,1-2H3. The summed E-state index contributed by atoms with van der Waals surface area (Å²) < 4.78 is 12.9. The van der Waals surface area contributed by atoms with Crippen molar-refractivity contribution < 1.29 is 9.50 Å². The molecule has 0 heterocycles. The third-order valence-electron chi connectivity index (χ3n) is 2.95. The van der Waals surface area contributed by atoms with Gasteiger partial charge in [0.1, 0.15) is 5.82 Å². The fourth-order valence-electron chi connectivity index (χ4n) is 2.12. The summed E-state index contributed by atoms with van der Waals surface area (Å²) in [5.41, 5.74) is 6.25. The first-order valence-corrected chi connectivity index (χ1v) is 5.61. The highest BCUT2D eigenvalue weighted by atomic mass is 19.1. The smallest absolute Gasteiger partial charge is 0.123 e. The summed E-state index contributed by atoms with van der Waals surface area (Å²) >= 11 is 0. The van der Waals surface area contributed by atoms with Gasteiger partial charge in [0, 0.05) is 12.0 Å². The molecule has 0 bridgehead atoms. The van der Waals surface area contributed by atoms with Crippen LogP contribution in [0.4, 0.5) is 4.39 Å². The van der Waals surface area contributed by atoms with Gasteiger partial charge in [-0.15, -0.1) is 0 Å². The Bertz CT molecular complexity index is 317. The van der Waals surface area contributed by atoms with Crippen molar-refractivity contribution in [1.29, 1.82) is 0 Å². The van der Waals surface area contributed by atoms with Crippen molar-refractivity contribution in [3.05, 3.63) is 35.6 Å². The van der Waals surface area contributed by atoms with E-state index in [1.165, 1.54) is 12.1 Å². The van der Waals surface area contributed by atoms with Crippen molar-refractivity contribution >= 4 is 0 Å². The van der Waals surface area contributed by atoms with Crippen LogP contribution in [0.3, 0.4) is 0 Å². The molecule has 3 N–H and O–H groups in total. The number of rotatable bonds is 5. The molecule has 0 aliphatic rings. The number of hydrogen-bond donors (Lipinski definition) is 2. The van der Waals surface area contributed by atoms with Gasteiger partial charge in [0.25, 0.3) is 0 Å². The lowest BCUT2D eigenvalue weighted by atomic mass is 9.75. The van der Waals surface area contributed by atoms with Crippen LogP contribution < -0.4 is 5.73 Å². The van der Waals surface area contributed by atoms with E-state index in [4.69, 9.17) is 5.73 Å².